The minimum Gasteiger partial charge on any atom is -1.00 e. The lowest BCUT2D eigenvalue weighted by Crippen LogP contribution is -3.16. The summed E-state index contributed by atoms with van der Waals surface area (Å²) in [5, 5.41) is 21.0. The quantitative estimate of drug-likeness (QED) is 0.249. The SMILES string of the molecule is C=CC[NH+]1/C(=C\CO)[C@@H]2C[C@@H]3[C@H]1CC[C@@]31c3ccccc3N3/C=C4\C5N(/C=C/2C31)c1ccccc1[C@@]51CC[C@@H]2[C@H]1C[C@H]4/C(=C/CO)[NH+]2CC=C.[Cl-].[Cl-]. The molecule has 2 saturated heterocycles. The first-order valence-corrected chi connectivity index (χ1v) is 19.4. The molecule has 0 radical (unpaired) electrons. The monoisotopic (exact) mass is 736 g/mol. The predicted molar refractivity (Wildman–Crippen MR) is 197 cm³/mol. The van der Waals surface area contributed by atoms with Gasteiger partial charge in [0.2, 0.25) is 0 Å². The highest BCUT2D eigenvalue weighted by Gasteiger charge is 2.73. The first-order valence-electron chi connectivity index (χ1n) is 19.4. The molecule has 2 spiro atoms. The van der Waals surface area contributed by atoms with Gasteiger partial charge in [0.25, 0.3) is 0 Å². The molecule has 11 rings (SSSR count). The average molecular weight is 738 g/mol. The minimum atomic E-state index is 0. The lowest BCUT2D eigenvalue weighted by atomic mass is 9.54. The number of piperidine rings is 2. The number of anilines is 2. The molecule has 2 aromatic carbocycles. The molecule has 6 fully saturated rings. The number of rotatable bonds is 6. The van der Waals surface area contributed by atoms with E-state index in [1.54, 1.807) is 11.1 Å². The second kappa shape index (κ2) is 12.2. The molecule has 272 valence electrons. The average Bonchev–Trinajstić information content (AvgIpc) is 3.86. The predicted octanol–water partition coefficient (Wildman–Crippen LogP) is -2.45. The number of para-hydroxylation sites is 2. The normalized spacial score (nSPS) is 43.7. The molecule has 4 N–H and O–H groups in total. The van der Waals surface area contributed by atoms with Crippen molar-refractivity contribution in [2.75, 3.05) is 36.1 Å². The van der Waals surface area contributed by atoms with E-state index in [1.165, 1.54) is 69.4 Å². The van der Waals surface area contributed by atoms with Crippen LogP contribution in [0, 0.1) is 23.7 Å². The van der Waals surface area contributed by atoms with Crippen LogP contribution in [0.4, 0.5) is 11.4 Å². The number of nitrogens with one attached hydrogen (secondary N) is 2. The van der Waals surface area contributed by atoms with E-state index in [9.17, 15) is 10.2 Å². The third-order valence-electron chi connectivity index (χ3n) is 15.7. The van der Waals surface area contributed by atoms with E-state index in [0.29, 0.717) is 23.9 Å². The second-order valence-corrected chi connectivity index (χ2v) is 16.8. The van der Waals surface area contributed by atoms with Gasteiger partial charge in [-0.15, -0.1) is 0 Å². The number of aliphatic hydroxyl groups excluding tert-OH is 2. The highest BCUT2D eigenvalue weighted by atomic mass is 35.5. The van der Waals surface area contributed by atoms with Crippen molar-refractivity contribution in [3.63, 3.8) is 0 Å². The third-order valence-corrected chi connectivity index (χ3v) is 15.7. The molecule has 5 heterocycles. The Hall–Kier alpha value is -3.10. The van der Waals surface area contributed by atoms with Gasteiger partial charge in [0.1, 0.15) is 24.5 Å². The van der Waals surface area contributed by atoms with Crippen LogP contribution in [0.2, 0.25) is 0 Å². The molecule has 12 atom stereocenters. The maximum Gasteiger partial charge on any atom is 0.113 e. The lowest BCUT2D eigenvalue weighted by Gasteiger charge is -2.57. The summed E-state index contributed by atoms with van der Waals surface area (Å²) in [6.45, 7) is 10.4. The zero-order valence-corrected chi connectivity index (χ0v) is 31.2. The van der Waals surface area contributed by atoms with Crippen molar-refractivity contribution in [1.82, 2.24) is 0 Å². The highest BCUT2D eigenvalue weighted by molar-refractivity contribution is 5.76. The van der Waals surface area contributed by atoms with Gasteiger partial charge < -0.3 is 44.8 Å². The van der Waals surface area contributed by atoms with Gasteiger partial charge >= 0.3 is 0 Å². The second-order valence-electron chi connectivity index (χ2n) is 16.8. The van der Waals surface area contributed by atoms with Crippen LogP contribution in [0.5, 0.6) is 0 Å². The van der Waals surface area contributed by atoms with Crippen LogP contribution in [0.3, 0.4) is 0 Å². The lowest BCUT2D eigenvalue weighted by molar-refractivity contribution is -0.894. The first kappa shape index (κ1) is 34.7. The van der Waals surface area contributed by atoms with E-state index < -0.39 is 0 Å². The number of nitrogens with zero attached hydrogens (tertiary/aromatic N) is 2. The van der Waals surface area contributed by atoms with Gasteiger partial charge in [-0.3, -0.25) is 9.80 Å². The summed E-state index contributed by atoms with van der Waals surface area (Å²) in [6, 6.07) is 20.3. The van der Waals surface area contributed by atoms with E-state index in [2.05, 4.69) is 108 Å². The van der Waals surface area contributed by atoms with Gasteiger partial charge in [-0.05, 0) is 84.4 Å². The number of allylic oxidation sites excluding steroid dienone is 2. The standard InChI is InChI=1S/C44H48N4O2.2ClH/c1-3-19-45-35(15-21-49)27-23-33-39(45)13-17-43(33)31-9-5-7-11-37(31)48-26-30-28-24-34-40(46(20-4-2)36(28)16-22-50)14-18-44(34)32-10-6-8-12-38(32)47(42(30)44)25-29(27)41(43)48;;/h3-12,15-16,25-28,33-34,39-42,49-50H,1-2,13-14,17-24H2;2*1H/b29-25-,30-26-,35-15-,36-16-;;/t27-,28-,33-,34-,39-,40-,41?,42?,43-,44-;;/m1../s1. The molecule has 6 nitrogen and oxygen atoms in total. The molecular formula is C44H50Cl2N4O2. The maximum absolute atomic E-state index is 10.5. The van der Waals surface area contributed by atoms with Gasteiger partial charge in [0.15, 0.2) is 0 Å². The van der Waals surface area contributed by atoms with Gasteiger partial charge in [0, 0.05) is 59.3 Å². The third kappa shape index (κ3) is 3.91. The van der Waals surface area contributed by atoms with Crippen LogP contribution in [0.25, 0.3) is 0 Å². The Labute approximate surface area is 320 Å². The van der Waals surface area contributed by atoms with Gasteiger partial charge in [-0.2, -0.15) is 0 Å². The zero-order chi connectivity index (χ0) is 33.5. The van der Waals surface area contributed by atoms with Gasteiger partial charge in [0.05, 0.1) is 49.2 Å². The van der Waals surface area contributed by atoms with Crippen LogP contribution in [-0.4, -0.2) is 60.7 Å². The number of aliphatic hydroxyl groups is 2. The molecule has 8 heteroatoms. The summed E-state index contributed by atoms with van der Waals surface area (Å²) in [7, 11) is 0. The Balaban J connectivity index is 0.00000180. The van der Waals surface area contributed by atoms with Crippen molar-refractivity contribution in [3.8, 4) is 0 Å². The number of halogens is 2. The van der Waals surface area contributed by atoms with Gasteiger partial charge in [-0.1, -0.05) is 49.6 Å². The Morgan fingerprint density at radius 3 is 1.50 bits per heavy atom. The number of hydrogen-bond donors (Lipinski definition) is 4. The molecule has 4 saturated carbocycles. The molecule has 4 unspecified atom stereocenters. The smallest absolute Gasteiger partial charge is 0.113 e. The van der Waals surface area contributed by atoms with Crippen molar-refractivity contribution in [1.29, 1.82) is 0 Å². The number of fused-ring (bicyclic) bond motifs is 8. The maximum atomic E-state index is 10.5. The summed E-state index contributed by atoms with van der Waals surface area (Å²) < 4.78 is 0. The molecule has 2 aromatic rings. The van der Waals surface area contributed by atoms with Crippen molar-refractivity contribution in [3.05, 3.63) is 132 Å². The summed E-state index contributed by atoms with van der Waals surface area (Å²) in [5.41, 5.74) is 11.8. The highest BCUT2D eigenvalue weighted by Crippen LogP contribution is 2.69. The van der Waals surface area contributed by atoms with E-state index in [4.69, 9.17) is 0 Å². The van der Waals surface area contributed by atoms with Crippen molar-refractivity contribution in [2.45, 2.75) is 73.5 Å². The fraction of sp³-hybridized carbons (Fsp3) is 0.455. The number of quaternary nitrogens is 2. The molecule has 0 amide bonds. The number of benzene rings is 2. The Bertz CT molecular complexity index is 1830. The number of likely N-dealkylation sites (tertiary alicyclic amines) is 2. The van der Waals surface area contributed by atoms with Crippen molar-refractivity contribution >= 4 is 11.4 Å². The fourth-order valence-electron chi connectivity index (χ4n) is 14.6. The fourth-order valence-corrected chi connectivity index (χ4v) is 14.6. The van der Waals surface area contributed by atoms with Crippen LogP contribution in [0.15, 0.2) is 121 Å². The van der Waals surface area contributed by atoms with Crippen molar-refractivity contribution < 1.29 is 44.8 Å². The molecule has 4 bridgehead atoms. The topological polar surface area (TPSA) is 55.8 Å². The van der Waals surface area contributed by atoms with Crippen LogP contribution in [-0.2, 0) is 10.8 Å². The summed E-state index contributed by atoms with van der Waals surface area (Å²) in [4.78, 5) is 8.61. The minimum absolute atomic E-state index is 0. The molecule has 0 aromatic heterocycles. The summed E-state index contributed by atoms with van der Waals surface area (Å²) >= 11 is 0. The van der Waals surface area contributed by atoms with E-state index in [-0.39, 0.29) is 72.8 Å². The van der Waals surface area contributed by atoms with Crippen molar-refractivity contribution in [2.24, 2.45) is 23.7 Å². The number of hydrogen-bond acceptors (Lipinski definition) is 4. The molecule has 4 aliphatic carbocycles. The Morgan fingerprint density at radius 1 is 0.673 bits per heavy atom. The van der Waals surface area contributed by atoms with Gasteiger partial charge in [-0.25, -0.2) is 0 Å². The largest absolute Gasteiger partial charge is 1.00 e. The molecular weight excluding hydrogens is 687 g/mol. The van der Waals surface area contributed by atoms with Crippen LogP contribution in [0.1, 0.15) is 49.7 Å². The van der Waals surface area contributed by atoms with Crippen LogP contribution >= 0.6 is 0 Å². The molecule has 52 heavy (non-hydrogen) atoms. The summed E-state index contributed by atoms with van der Waals surface area (Å²) in [5.74, 6) is 1.69. The summed E-state index contributed by atoms with van der Waals surface area (Å²) in [6.07, 6.45) is 20.9. The Kier molecular flexibility index (Phi) is 8.14. The van der Waals surface area contributed by atoms with Crippen LogP contribution < -0.4 is 44.4 Å². The first-order chi connectivity index (χ1) is 24.6. The molecule has 9 aliphatic rings. The van der Waals surface area contributed by atoms with E-state index >= 15 is 0 Å². The zero-order valence-electron chi connectivity index (χ0n) is 29.7. The molecule has 5 aliphatic heterocycles. The van der Waals surface area contributed by atoms with E-state index in [0.717, 1.165) is 25.9 Å². The Morgan fingerprint density at radius 2 is 1.10 bits per heavy atom. The van der Waals surface area contributed by atoms with E-state index in [1.807, 2.05) is 0 Å².